The van der Waals surface area contributed by atoms with Crippen LogP contribution in [0.25, 0.3) is 0 Å². The van der Waals surface area contributed by atoms with E-state index in [0.717, 1.165) is 0 Å². The van der Waals surface area contributed by atoms with Gasteiger partial charge in [-0.2, -0.15) is 15.0 Å². The molecule has 0 aromatic carbocycles. The molecule has 2 aromatic rings. The number of hydrogen-bond acceptors (Lipinski definition) is 6. The fourth-order valence-corrected chi connectivity index (χ4v) is 1.63. The van der Waals surface area contributed by atoms with Gasteiger partial charge in [-0.15, -0.1) is 0 Å². The maximum Gasteiger partial charge on any atom is 0.253 e. The minimum atomic E-state index is -0.0621. The van der Waals surface area contributed by atoms with Gasteiger partial charge in [0.05, 0.1) is 6.54 Å². The van der Waals surface area contributed by atoms with Crippen LogP contribution in [0, 0.1) is 6.92 Å². The zero-order valence-electron chi connectivity index (χ0n) is 11.2. The van der Waals surface area contributed by atoms with Crippen molar-refractivity contribution in [2.24, 2.45) is 0 Å². The van der Waals surface area contributed by atoms with Gasteiger partial charge in [0, 0.05) is 25.9 Å². The van der Waals surface area contributed by atoms with Crippen molar-refractivity contribution in [3.05, 3.63) is 40.1 Å². The summed E-state index contributed by atoms with van der Waals surface area (Å²) in [7, 11) is 3.63. The van der Waals surface area contributed by atoms with Crippen LogP contribution < -0.4 is 16.2 Å². The number of aryl methyl sites for hydroxylation is 1. The number of nitrogens with zero attached hydrogens (tertiary/aromatic N) is 5. The summed E-state index contributed by atoms with van der Waals surface area (Å²) in [4.78, 5) is 26.0. The number of pyridine rings is 1. The molecule has 2 aromatic heterocycles. The normalized spacial score (nSPS) is 10.5. The molecule has 0 saturated carbocycles. The summed E-state index contributed by atoms with van der Waals surface area (Å²) in [6.45, 7) is 2.04. The van der Waals surface area contributed by atoms with Crippen molar-refractivity contribution >= 4 is 11.9 Å². The molecular formula is C12H16N6O. The maximum absolute atomic E-state index is 11.9. The van der Waals surface area contributed by atoms with E-state index in [0.29, 0.717) is 17.3 Å². The maximum atomic E-state index is 11.9. The van der Waals surface area contributed by atoms with E-state index in [2.05, 4.69) is 15.0 Å². The molecular weight excluding hydrogens is 244 g/mol. The minimum Gasteiger partial charge on any atom is -0.368 e. The number of anilines is 2. The lowest BCUT2D eigenvalue weighted by atomic mass is 10.3. The lowest BCUT2D eigenvalue weighted by Gasteiger charge is -2.12. The first-order chi connectivity index (χ1) is 8.97. The predicted molar refractivity (Wildman–Crippen MR) is 73.1 cm³/mol. The minimum absolute atomic E-state index is 0.0621. The van der Waals surface area contributed by atoms with E-state index in [9.17, 15) is 4.79 Å². The molecule has 0 radical (unpaired) electrons. The molecule has 7 nitrogen and oxygen atoms in total. The second kappa shape index (κ2) is 5.05. The van der Waals surface area contributed by atoms with Gasteiger partial charge in [-0.25, -0.2) is 0 Å². The van der Waals surface area contributed by atoms with Crippen molar-refractivity contribution in [2.45, 2.75) is 13.5 Å². The van der Waals surface area contributed by atoms with E-state index in [-0.39, 0.29) is 18.1 Å². The van der Waals surface area contributed by atoms with Gasteiger partial charge in [0.2, 0.25) is 11.9 Å². The molecule has 0 amide bonds. The lowest BCUT2D eigenvalue weighted by Crippen LogP contribution is -2.24. The molecule has 0 unspecified atom stereocenters. The first-order valence-electron chi connectivity index (χ1n) is 5.81. The van der Waals surface area contributed by atoms with Gasteiger partial charge in [0.1, 0.15) is 0 Å². The number of aromatic nitrogens is 4. The summed E-state index contributed by atoms with van der Waals surface area (Å²) < 4.78 is 1.55. The topological polar surface area (TPSA) is 89.9 Å². The third-order valence-electron chi connectivity index (χ3n) is 2.61. The smallest absolute Gasteiger partial charge is 0.253 e. The molecule has 0 fully saturated rings. The van der Waals surface area contributed by atoms with Crippen molar-refractivity contribution < 1.29 is 0 Å². The van der Waals surface area contributed by atoms with Gasteiger partial charge >= 0.3 is 0 Å². The van der Waals surface area contributed by atoms with Crippen molar-refractivity contribution in [3.8, 4) is 0 Å². The molecule has 19 heavy (non-hydrogen) atoms. The monoisotopic (exact) mass is 260 g/mol. The molecule has 0 aliphatic heterocycles. The van der Waals surface area contributed by atoms with Crippen LogP contribution in [0.5, 0.6) is 0 Å². The predicted octanol–water partition coefficient (Wildman–Crippen LogP) is 0.0382. The highest BCUT2D eigenvalue weighted by Crippen LogP contribution is 2.06. The van der Waals surface area contributed by atoms with Gasteiger partial charge in [-0.05, 0) is 13.0 Å². The van der Waals surface area contributed by atoms with Crippen molar-refractivity contribution in [3.63, 3.8) is 0 Å². The summed E-state index contributed by atoms with van der Waals surface area (Å²) in [5.74, 6) is 1.08. The molecule has 0 saturated heterocycles. The number of rotatable bonds is 3. The fraction of sp³-hybridized carbons (Fsp3) is 0.333. The summed E-state index contributed by atoms with van der Waals surface area (Å²) >= 11 is 0. The van der Waals surface area contributed by atoms with Crippen LogP contribution in [0.1, 0.15) is 11.4 Å². The first-order valence-corrected chi connectivity index (χ1v) is 5.81. The molecule has 0 bridgehead atoms. The molecule has 100 valence electrons. The van der Waals surface area contributed by atoms with E-state index in [1.54, 1.807) is 28.7 Å². The Hall–Kier alpha value is -2.44. The first kappa shape index (κ1) is 13.0. The SMILES string of the molecule is Cc1cccn(Cc2nc(N)nc(N(C)C)n2)c1=O. The molecule has 0 aliphatic carbocycles. The van der Waals surface area contributed by atoms with E-state index < -0.39 is 0 Å². The Morgan fingerprint density at radius 1 is 1.32 bits per heavy atom. The summed E-state index contributed by atoms with van der Waals surface area (Å²) in [6, 6.07) is 3.58. The van der Waals surface area contributed by atoms with Crippen LogP contribution in [0.2, 0.25) is 0 Å². The standard InChI is InChI=1S/C12H16N6O/c1-8-5-4-6-18(10(8)19)7-9-14-11(13)16-12(15-9)17(2)3/h4-6H,7H2,1-3H3,(H2,13,14,15,16). The Morgan fingerprint density at radius 2 is 2.05 bits per heavy atom. The number of nitrogens with two attached hydrogens (primary N) is 1. The second-order valence-corrected chi connectivity index (χ2v) is 4.43. The van der Waals surface area contributed by atoms with Gasteiger partial charge in [0.25, 0.3) is 5.56 Å². The number of nitrogen functional groups attached to an aromatic ring is 1. The number of hydrogen-bond donors (Lipinski definition) is 1. The van der Waals surface area contributed by atoms with Crippen LogP contribution in [0.3, 0.4) is 0 Å². The Balaban J connectivity index is 2.38. The average molecular weight is 260 g/mol. The lowest BCUT2D eigenvalue weighted by molar-refractivity contribution is 0.703. The van der Waals surface area contributed by atoms with Crippen LogP contribution in [-0.4, -0.2) is 33.6 Å². The zero-order valence-corrected chi connectivity index (χ0v) is 11.2. The fourth-order valence-electron chi connectivity index (χ4n) is 1.63. The molecule has 2 N–H and O–H groups in total. The molecule has 0 spiro atoms. The average Bonchev–Trinajstić information content (AvgIpc) is 2.34. The molecule has 0 aliphatic rings. The molecule has 0 atom stereocenters. The van der Waals surface area contributed by atoms with Gasteiger partial charge in [0.15, 0.2) is 5.82 Å². The summed E-state index contributed by atoms with van der Waals surface area (Å²) in [6.07, 6.45) is 1.70. The van der Waals surface area contributed by atoms with E-state index in [1.807, 2.05) is 20.2 Å². The van der Waals surface area contributed by atoms with Crippen LogP contribution >= 0.6 is 0 Å². The Kier molecular flexibility index (Phi) is 3.46. The molecule has 2 rings (SSSR count). The highest BCUT2D eigenvalue weighted by atomic mass is 16.1. The summed E-state index contributed by atoms with van der Waals surface area (Å²) in [5, 5.41) is 0. The largest absolute Gasteiger partial charge is 0.368 e. The quantitative estimate of drug-likeness (QED) is 0.838. The van der Waals surface area contributed by atoms with Gasteiger partial charge < -0.3 is 15.2 Å². The highest BCUT2D eigenvalue weighted by molar-refractivity contribution is 5.32. The zero-order chi connectivity index (χ0) is 14.0. The van der Waals surface area contributed by atoms with Crippen molar-refractivity contribution in [1.29, 1.82) is 0 Å². The van der Waals surface area contributed by atoms with Crippen LogP contribution in [-0.2, 0) is 6.54 Å². The van der Waals surface area contributed by atoms with E-state index in [1.165, 1.54) is 0 Å². The van der Waals surface area contributed by atoms with Crippen molar-refractivity contribution in [2.75, 3.05) is 24.7 Å². The molecule has 7 heteroatoms. The van der Waals surface area contributed by atoms with Gasteiger partial charge in [-0.1, -0.05) is 6.07 Å². The third kappa shape index (κ3) is 2.87. The van der Waals surface area contributed by atoms with Crippen LogP contribution in [0.15, 0.2) is 23.1 Å². The Morgan fingerprint density at radius 3 is 2.74 bits per heavy atom. The van der Waals surface area contributed by atoms with Crippen LogP contribution in [0.4, 0.5) is 11.9 Å². The highest BCUT2D eigenvalue weighted by Gasteiger charge is 2.08. The summed E-state index contributed by atoms with van der Waals surface area (Å²) in [5.41, 5.74) is 6.26. The Labute approximate surface area is 110 Å². The molecule has 2 heterocycles. The van der Waals surface area contributed by atoms with E-state index in [4.69, 9.17) is 5.73 Å². The van der Waals surface area contributed by atoms with Gasteiger partial charge in [-0.3, -0.25) is 4.79 Å². The van der Waals surface area contributed by atoms with E-state index >= 15 is 0 Å². The third-order valence-corrected chi connectivity index (χ3v) is 2.61. The Bertz CT molecular complexity index is 649. The second-order valence-electron chi connectivity index (χ2n) is 4.43. The van der Waals surface area contributed by atoms with Crippen molar-refractivity contribution in [1.82, 2.24) is 19.5 Å².